The Morgan fingerprint density at radius 1 is 0.958 bits per heavy atom. The SMILES string of the molecule is COc1cccc(/C=C/c2[nH]c(=S)[nH]c(=O)c2C#N)c1OCC(N)=O.COc1cccc(/C=C/c2cc(Cl)[nH]c(=S)n2)c1OCC(=O)O. The number of rotatable bonds is 12. The van der Waals surface area contributed by atoms with Crippen molar-refractivity contribution in [3.63, 3.8) is 0 Å². The number of ether oxygens (including phenoxy) is 4. The van der Waals surface area contributed by atoms with E-state index < -0.39 is 24.0 Å². The zero-order valence-electron chi connectivity index (χ0n) is 25.2. The van der Waals surface area contributed by atoms with E-state index in [1.165, 1.54) is 20.3 Å². The van der Waals surface area contributed by atoms with Crippen molar-refractivity contribution in [1.82, 2.24) is 19.9 Å². The summed E-state index contributed by atoms with van der Waals surface area (Å²) in [4.78, 5) is 45.3. The van der Waals surface area contributed by atoms with Crippen LogP contribution in [-0.4, -0.2) is 64.4 Å². The molecule has 0 atom stereocenters. The number of para-hydroxylation sites is 2. The summed E-state index contributed by atoms with van der Waals surface area (Å²) in [6.07, 6.45) is 6.51. The number of amides is 1. The van der Waals surface area contributed by atoms with Crippen LogP contribution in [0.1, 0.15) is 28.1 Å². The smallest absolute Gasteiger partial charge is 0.341 e. The number of carboxylic acids is 1. The number of hydrogen-bond acceptors (Lipinski definition) is 11. The van der Waals surface area contributed by atoms with Crippen molar-refractivity contribution in [2.24, 2.45) is 5.73 Å². The lowest BCUT2D eigenvalue weighted by Crippen LogP contribution is -2.20. The second-order valence-corrected chi connectivity index (χ2v) is 10.3. The number of nitrogens with zero attached hydrogens (tertiary/aromatic N) is 2. The van der Waals surface area contributed by atoms with E-state index in [0.717, 1.165) is 0 Å². The molecule has 48 heavy (non-hydrogen) atoms. The van der Waals surface area contributed by atoms with Gasteiger partial charge >= 0.3 is 5.97 Å². The van der Waals surface area contributed by atoms with Gasteiger partial charge in [0.25, 0.3) is 11.5 Å². The van der Waals surface area contributed by atoms with Crippen LogP contribution in [0, 0.1) is 20.9 Å². The lowest BCUT2D eigenvalue weighted by atomic mass is 10.1. The molecular formula is C31H27ClN6O8S2. The van der Waals surface area contributed by atoms with Gasteiger partial charge in [-0.2, -0.15) is 5.26 Å². The number of hydrogen-bond donors (Lipinski definition) is 5. The predicted molar refractivity (Wildman–Crippen MR) is 183 cm³/mol. The Kier molecular flexibility index (Phi) is 13.6. The van der Waals surface area contributed by atoms with E-state index >= 15 is 0 Å². The van der Waals surface area contributed by atoms with Gasteiger partial charge in [0.05, 0.1) is 25.6 Å². The van der Waals surface area contributed by atoms with Crippen LogP contribution in [0.4, 0.5) is 0 Å². The predicted octanol–water partition coefficient (Wildman–Crippen LogP) is 4.78. The summed E-state index contributed by atoms with van der Waals surface area (Å²) in [6, 6.07) is 13.7. The molecule has 4 rings (SSSR count). The average molecular weight is 711 g/mol. The zero-order valence-corrected chi connectivity index (χ0v) is 27.6. The fourth-order valence-corrected chi connectivity index (χ4v) is 4.53. The summed E-state index contributed by atoms with van der Waals surface area (Å²) >= 11 is 15.8. The van der Waals surface area contributed by atoms with Gasteiger partial charge in [0.2, 0.25) is 0 Å². The lowest BCUT2D eigenvalue weighted by Gasteiger charge is -2.12. The van der Waals surface area contributed by atoms with Crippen LogP contribution in [-0.2, 0) is 9.59 Å². The molecule has 6 N–H and O–H groups in total. The maximum absolute atomic E-state index is 11.8. The Hall–Kier alpha value is -5.76. The number of nitrogens with one attached hydrogen (secondary N) is 3. The molecular weight excluding hydrogens is 684 g/mol. The molecule has 1 amide bonds. The van der Waals surface area contributed by atoms with Crippen LogP contribution in [0.15, 0.2) is 47.3 Å². The van der Waals surface area contributed by atoms with Crippen LogP contribution in [0.3, 0.4) is 0 Å². The number of halogens is 1. The molecule has 0 spiro atoms. The van der Waals surface area contributed by atoms with E-state index in [9.17, 15) is 14.4 Å². The van der Waals surface area contributed by atoms with Gasteiger partial charge in [-0.1, -0.05) is 35.9 Å². The molecule has 2 aromatic carbocycles. The highest BCUT2D eigenvalue weighted by molar-refractivity contribution is 7.71. The summed E-state index contributed by atoms with van der Waals surface area (Å²) in [5.74, 6) is -0.227. The highest BCUT2D eigenvalue weighted by Gasteiger charge is 2.12. The highest BCUT2D eigenvalue weighted by Crippen LogP contribution is 2.33. The van der Waals surface area contributed by atoms with Gasteiger partial charge in [-0.25, -0.2) is 9.78 Å². The van der Waals surface area contributed by atoms with Crippen LogP contribution < -0.4 is 30.2 Å². The van der Waals surface area contributed by atoms with Crippen molar-refractivity contribution in [3.8, 4) is 29.1 Å². The van der Waals surface area contributed by atoms with Gasteiger partial charge in [-0.3, -0.25) is 14.6 Å². The quantitative estimate of drug-likeness (QED) is 0.0991. The number of benzene rings is 2. The van der Waals surface area contributed by atoms with Crippen LogP contribution in [0.25, 0.3) is 24.3 Å². The van der Waals surface area contributed by atoms with Crippen LogP contribution >= 0.6 is 36.0 Å². The minimum atomic E-state index is -1.08. The first-order chi connectivity index (χ1) is 22.9. The molecule has 0 unspecified atom stereocenters. The van der Waals surface area contributed by atoms with Crippen molar-refractivity contribution in [3.05, 3.63) is 95.6 Å². The second kappa shape index (κ2) is 17.8. The van der Waals surface area contributed by atoms with Crippen LogP contribution in [0.5, 0.6) is 23.0 Å². The largest absolute Gasteiger partial charge is 0.493 e. The summed E-state index contributed by atoms with van der Waals surface area (Å²) < 4.78 is 21.5. The van der Waals surface area contributed by atoms with Crippen molar-refractivity contribution < 1.29 is 33.6 Å². The molecule has 4 aromatic rings. The summed E-state index contributed by atoms with van der Waals surface area (Å²) in [7, 11) is 2.94. The topological polar surface area (TPSA) is 218 Å². The fourth-order valence-electron chi connectivity index (χ4n) is 3.85. The van der Waals surface area contributed by atoms with E-state index in [1.807, 2.05) is 6.07 Å². The monoisotopic (exact) mass is 710 g/mol. The van der Waals surface area contributed by atoms with Gasteiger partial charge in [0, 0.05) is 11.1 Å². The molecule has 0 aliphatic heterocycles. The Morgan fingerprint density at radius 2 is 1.54 bits per heavy atom. The maximum atomic E-state index is 11.8. The molecule has 0 radical (unpaired) electrons. The Balaban J connectivity index is 0.000000261. The molecule has 14 nitrogen and oxygen atoms in total. The van der Waals surface area contributed by atoms with Gasteiger partial charge in [-0.15, -0.1) is 0 Å². The van der Waals surface area contributed by atoms with Gasteiger partial charge < -0.3 is 39.8 Å². The van der Waals surface area contributed by atoms with Gasteiger partial charge in [0.1, 0.15) is 16.8 Å². The molecule has 2 heterocycles. The first-order valence-corrected chi connectivity index (χ1v) is 14.6. The highest BCUT2D eigenvalue weighted by atomic mass is 35.5. The first-order valence-electron chi connectivity index (χ1n) is 13.4. The molecule has 0 fully saturated rings. The lowest BCUT2D eigenvalue weighted by molar-refractivity contribution is -0.139. The number of carboxylic acid groups (broad SMARTS) is 1. The molecule has 0 saturated carbocycles. The summed E-state index contributed by atoms with van der Waals surface area (Å²) in [5.41, 5.74) is 6.43. The number of aliphatic carboxylic acids is 1. The first kappa shape index (κ1) is 36.7. The number of methoxy groups -OCH3 is 2. The van der Waals surface area contributed by atoms with Crippen molar-refractivity contribution in [1.29, 1.82) is 5.26 Å². The number of aromatic amines is 3. The minimum Gasteiger partial charge on any atom is -0.493 e. The third kappa shape index (κ3) is 10.7. The minimum absolute atomic E-state index is 0.0968. The standard InChI is InChI=1S/C16H14N4O4S.C15H13ClN2O4S/c1-23-12-4-2-3-9(14(12)24-8-13(18)21)5-6-11-10(7-17)15(22)20-16(25)19-11;1-21-11-4-2-3-9(14(11)22-8-13(19)20)5-6-10-7-12(16)18-15(23)17-10/h2-6H,8H2,1H3,(H2,18,21)(H2,19,20,22,25);2-7H,8H2,1H3,(H,19,20)(H,17,18,23)/b2*6-5+. The van der Waals surface area contributed by atoms with E-state index in [2.05, 4.69) is 19.9 Å². The molecule has 248 valence electrons. The van der Waals surface area contributed by atoms with E-state index in [-0.39, 0.29) is 27.4 Å². The number of carbonyl (C=O) groups is 2. The Morgan fingerprint density at radius 3 is 2.06 bits per heavy atom. The third-order valence-electron chi connectivity index (χ3n) is 5.84. The molecule has 0 saturated heterocycles. The molecule has 17 heteroatoms. The number of nitrogens with two attached hydrogens (primary N) is 1. The Bertz CT molecular complexity index is 2080. The summed E-state index contributed by atoms with van der Waals surface area (Å²) in [6.45, 7) is -0.792. The van der Waals surface area contributed by atoms with Gasteiger partial charge in [0.15, 0.2) is 45.8 Å². The fraction of sp³-hybridized carbons (Fsp3) is 0.129. The molecule has 0 aliphatic carbocycles. The number of carbonyl (C=O) groups excluding carboxylic acids is 1. The Labute approximate surface area is 288 Å². The number of nitriles is 1. The third-order valence-corrected chi connectivity index (χ3v) is 6.44. The molecule has 0 bridgehead atoms. The normalized spacial score (nSPS) is 10.5. The van der Waals surface area contributed by atoms with E-state index in [0.29, 0.717) is 45.0 Å². The van der Waals surface area contributed by atoms with Crippen molar-refractivity contribution in [2.75, 3.05) is 27.4 Å². The second-order valence-electron chi connectivity index (χ2n) is 9.13. The maximum Gasteiger partial charge on any atom is 0.341 e. The number of H-pyrrole nitrogens is 3. The van der Waals surface area contributed by atoms with E-state index in [4.69, 9.17) is 71.1 Å². The summed E-state index contributed by atoms with van der Waals surface area (Å²) in [5, 5.41) is 18.3. The number of primary amides is 1. The van der Waals surface area contributed by atoms with Crippen LogP contribution in [0.2, 0.25) is 5.15 Å². The number of aromatic nitrogens is 4. The molecule has 2 aromatic heterocycles. The zero-order chi connectivity index (χ0) is 35.2. The van der Waals surface area contributed by atoms with E-state index in [1.54, 1.807) is 60.7 Å². The van der Waals surface area contributed by atoms with Crippen molar-refractivity contribution >= 4 is 72.2 Å². The average Bonchev–Trinajstić information content (AvgIpc) is 3.04. The van der Waals surface area contributed by atoms with Crippen molar-refractivity contribution in [2.45, 2.75) is 0 Å². The van der Waals surface area contributed by atoms with Gasteiger partial charge in [-0.05, 0) is 66.9 Å². The molecule has 0 aliphatic rings.